The van der Waals surface area contributed by atoms with Crippen LogP contribution in [0.2, 0.25) is 0 Å². The molecule has 1 aliphatic heterocycles. The van der Waals surface area contributed by atoms with E-state index in [1.807, 2.05) is 6.92 Å². The van der Waals surface area contributed by atoms with Gasteiger partial charge in [0.15, 0.2) is 0 Å². The van der Waals surface area contributed by atoms with E-state index in [4.69, 9.17) is 0 Å². The predicted octanol–water partition coefficient (Wildman–Crippen LogP) is 1.04. The molecule has 2 heterocycles. The molecule has 0 amide bonds. The van der Waals surface area contributed by atoms with Gasteiger partial charge in [-0.2, -0.15) is 0 Å². The molecule has 1 aromatic heterocycles. The normalized spacial score (nSPS) is 16.6. The van der Waals surface area contributed by atoms with Crippen molar-refractivity contribution in [2.24, 2.45) is 0 Å². The lowest BCUT2D eigenvalue weighted by Gasteiger charge is -2.02. The lowest BCUT2D eigenvalue weighted by molar-refractivity contribution is 0.350. The van der Waals surface area contributed by atoms with Crippen LogP contribution in [0, 0.1) is 13.8 Å². The molecule has 3 nitrogen and oxygen atoms in total. The molecule has 0 N–H and O–H groups in total. The average molecular weight is 163 g/mol. The van der Waals surface area contributed by atoms with Crippen molar-refractivity contribution >= 4 is 0 Å². The Morgan fingerprint density at radius 2 is 1.92 bits per heavy atom. The van der Waals surface area contributed by atoms with Gasteiger partial charge in [0.1, 0.15) is 5.82 Å². The van der Waals surface area contributed by atoms with Crippen molar-refractivity contribution in [2.75, 3.05) is 7.05 Å². The van der Waals surface area contributed by atoms with Crippen LogP contribution in [0.3, 0.4) is 0 Å². The zero-order chi connectivity index (χ0) is 8.72. The molecule has 0 radical (unpaired) electrons. The van der Waals surface area contributed by atoms with E-state index in [9.17, 15) is 0 Å². The summed E-state index contributed by atoms with van der Waals surface area (Å²) < 4.78 is 0. The summed E-state index contributed by atoms with van der Waals surface area (Å²) in [4.78, 5) is 11.0. The Balaban J connectivity index is 2.52. The first-order valence-corrected chi connectivity index (χ1v) is 4.18. The third kappa shape index (κ3) is 1.10. The van der Waals surface area contributed by atoms with Gasteiger partial charge in [0.25, 0.3) is 0 Å². The van der Waals surface area contributed by atoms with E-state index in [1.54, 1.807) is 0 Å². The zero-order valence-corrected chi connectivity index (χ0v) is 7.76. The molecule has 64 valence electrons. The summed E-state index contributed by atoms with van der Waals surface area (Å²) in [6, 6.07) is 0. The molecule has 2 rings (SSSR count). The molecule has 1 aromatic rings. The Morgan fingerprint density at radius 3 is 2.67 bits per heavy atom. The second kappa shape index (κ2) is 2.52. The summed E-state index contributed by atoms with van der Waals surface area (Å²) in [5, 5.41) is 0. The number of rotatable bonds is 0. The molecule has 0 bridgehead atoms. The highest BCUT2D eigenvalue weighted by Crippen LogP contribution is 2.21. The molecule has 0 atom stereocenters. The maximum absolute atomic E-state index is 4.41. The summed E-state index contributed by atoms with van der Waals surface area (Å²) in [7, 11) is 2.11. The van der Waals surface area contributed by atoms with E-state index in [0.717, 1.165) is 24.6 Å². The fourth-order valence-electron chi connectivity index (χ4n) is 1.72. The van der Waals surface area contributed by atoms with Gasteiger partial charge in [0.2, 0.25) is 0 Å². The smallest absolute Gasteiger partial charge is 0.125 e. The molecule has 0 spiro atoms. The molecule has 0 fully saturated rings. The highest BCUT2D eigenvalue weighted by atomic mass is 15.1. The van der Waals surface area contributed by atoms with Gasteiger partial charge in [-0.05, 0) is 20.9 Å². The number of aryl methyl sites for hydroxylation is 2. The topological polar surface area (TPSA) is 29.0 Å². The Morgan fingerprint density at radius 1 is 1.17 bits per heavy atom. The second-order valence-electron chi connectivity index (χ2n) is 3.45. The summed E-state index contributed by atoms with van der Waals surface area (Å²) >= 11 is 0. The Kier molecular flexibility index (Phi) is 1.61. The standard InChI is InChI=1S/C9H13N3/c1-6-8-4-12(3)5-9(8)11-7(2)10-6/h4-5H2,1-3H3. The number of fused-ring (bicyclic) bond motifs is 1. The van der Waals surface area contributed by atoms with Gasteiger partial charge < -0.3 is 0 Å². The van der Waals surface area contributed by atoms with Crippen molar-refractivity contribution in [1.82, 2.24) is 14.9 Å². The summed E-state index contributed by atoms with van der Waals surface area (Å²) in [6.45, 7) is 5.99. The lowest BCUT2D eigenvalue weighted by atomic mass is 10.2. The van der Waals surface area contributed by atoms with Gasteiger partial charge in [-0.1, -0.05) is 0 Å². The van der Waals surface area contributed by atoms with Crippen LogP contribution < -0.4 is 0 Å². The van der Waals surface area contributed by atoms with E-state index in [1.165, 1.54) is 11.3 Å². The van der Waals surface area contributed by atoms with E-state index < -0.39 is 0 Å². The van der Waals surface area contributed by atoms with Crippen LogP contribution in [0.4, 0.5) is 0 Å². The van der Waals surface area contributed by atoms with Crippen molar-refractivity contribution in [3.63, 3.8) is 0 Å². The van der Waals surface area contributed by atoms with Crippen LogP contribution in [0.15, 0.2) is 0 Å². The molecule has 3 heteroatoms. The third-order valence-electron chi connectivity index (χ3n) is 2.26. The van der Waals surface area contributed by atoms with Crippen molar-refractivity contribution in [2.45, 2.75) is 26.9 Å². The van der Waals surface area contributed by atoms with Crippen LogP contribution >= 0.6 is 0 Å². The fraction of sp³-hybridized carbons (Fsp3) is 0.556. The number of aromatic nitrogens is 2. The summed E-state index contributed by atoms with van der Waals surface area (Å²) in [6.07, 6.45) is 0. The Hall–Kier alpha value is -0.960. The predicted molar refractivity (Wildman–Crippen MR) is 46.7 cm³/mol. The van der Waals surface area contributed by atoms with Crippen LogP contribution in [0.25, 0.3) is 0 Å². The van der Waals surface area contributed by atoms with Crippen LogP contribution in [0.5, 0.6) is 0 Å². The quantitative estimate of drug-likeness (QED) is 0.572. The molecule has 0 saturated heterocycles. The van der Waals surface area contributed by atoms with Crippen LogP contribution in [-0.2, 0) is 13.1 Å². The highest BCUT2D eigenvalue weighted by molar-refractivity contribution is 5.28. The SMILES string of the molecule is Cc1nc(C)c2c(n1)CN(C)C2. The maximum atomic E-state index is 4.41. The monoisotopic (exact) mass is 163 g/mol. The molecule has 1 aliphatic rings. The highest BCUT2D eigenvalue weighted by Gasteiger charge is 2.19. The molecule has 0 unspecified atom stereocenters. The average Bonchev–Trinajstić information content (AvgIpc) is 2.29. The van der Waals surface area contributed by atoms with E-state index in [2.05, 4.69) is 28.8 Å². The molecule has 0 aliphatic carbocycles. The number of hydrogen-bond acceptors (Lipinski definition) is 3. The minimum Gasteiger partial charge on any atom is -0.296 e. The van der Waals surface area contributed by atoms with Crippen LogP contribution in [0.1, 0.15) is 22.8 Å². The first-order valence-electron chi connectivity index (χ1n) is 4.18. The van der Waals surface area contributed by atoms with Crippen molar-refractivity contribution in [1.29, 1.82) is 0 Å². The fourth-order valence-corrected chi connectivity index (χ4v) is 1.72. The number of hydrogen-bond donors (Lipinski definition) is 0. The Bertz CT molecular complexity index is 320. The molecular weight excluding hydrogens is 150 g/mol. The number of nitrogens with zero attached hydrogens (tertiary/aromatic N) is 3. The van der Waals surface area contributed by atoms with Gasteiger partial charge in [0.05, 0.1) is 5.69 Å². The van der Waals surface area contributed by atoms with Gasteiger partial charge in [-0.15, -0.1) is 0 Å². The van der Waals surface area contributed by atoms with Crippen molar-refractivity contribution in [3.05, 3.63) is 22.8 Å². The zero-order valence-electron chi connectivity index (χ0n) is 7.76. The largest absolute Gasteiger partial charge is 0.296 e. The Labute approximate surface area is 72.4 Å². The van der Waals surface area contributed by atoms with Gasteiger partial charge in [-0.3, -0.25) is 4.90 Å². The van der Waals surface area contributed by atoms with Gasteiger partial charge in [-0.25, -0.2) is 9.97 Å². The second-order valence-corrected chi connectivity index (χ2v) is 3.45. The molecule has 0 aromatic carbocycles. The maximum Gasteiger partial charge on any atom is 0.125 e. The van der Waals surface area contributed by atoms with Crippen LogP contribution in [-0.4, -0.2) is 21.9 Å². The van der Waals surface area contributed by atoms with E-state index in [0.29, 0.717) is 0 Å². The van der Waals surface area contributed by atoms with E-state index in [-0.39, 0.29) is 0 Å². The summed E-state index contributed by atoms with van der Waals surface area (Å²) in [5.41, 5.74) is 3.67. The first kappa shape index (κ1) is 7.68. The third-order valence-corrected chi connectivity index (χ3v) is 2.26. The summed E-state index contributed by atoms with van der Waals surface area (Å²) in [5.74, 6) is 0.890. The molecular formula is C9H13N3. The van der Waals surface area contributed by atoms with Gasteiger partial charge in [0, 0.05) is 24.3 Å². The van der Waals surface area contributed by atoms with Crippen molar-refractivity contribution < 1.29 is 0 Å². The lowest BCUT2D eigenvalue weighted by Crippen LogP contribution is -2.07. The minimum absolute atomic E-state index is 0.890. The van der Waals surface area contributed by atoms with E-state index >= 15 is 0 Å². The molecule has 12 heavy (non-hydrogen) atoms. The first-order chi connectivity index (χ1) is 5.66. The van der Waals surface area contributed by atoms with Crippen molar-refractivity contribution in [3.8, 4) is 0 Å². The minimum atomic E-state index is 0.890. The van der Waals surface area contributed by atoms with Gasteiger partial charge >= 0.3 is 0 Å². The molecule has 0 saturated carbocycles.